The van der Waals surface area contributed by atoms with Gasteiger partial charge in [-0.1, -0.05) is 66.7 Å². The van der Waals surface area contributed by atoms with Crippen LogP contribution in [0.4, 0.5) is 5.69 Å². The Kier molecular flexibility index (Phi) is 5.66. The Morgan fingerprint density at radius 3 is 1.97 bits per heavy atom. The normalized spacial score (nSPS) is 12.0. The summed E-state index contributed by atoms with van der Waals surface area (Å²) in [5.74, 6) is 0. The highest BCUT2D eigenvalue weighted by atomic mass is 32.2. The molecule has 0 amide bonds. The Balaban J connectivity index is 1.50. The van der Waals surface area contributed by atoms with E-state index in [4.69, 9.17) is 0 Å². The zero-order valence-electron chi connectivity index (χ0n) is 18.6. The minimum atomic E-state index is -4.15. The van der Waals surface area contributed by atoms with Gasteiger partial charge >= 0.3 is 0 Å². The molecule has 0 fully saturated rings. The molecule has 0 bridgehead atoms. The Labute approximate surface area is 203 Å². The number of nitrogens with one attached hydrogen (secondary N) is 2. The molecule has 4 aromatic carbocycles. The van der Waals surface area contributed by atoms with Crippen LogP contribution in [-0.4, -0.2) is 33.3 Å². The van der Waals surface area contributed by atoms with E-state index in [0.717, 1.165) is 33.8 Å². The standard InChI is InChI=1S/C26H21N3O4S2/c1-34(30,31)24-9-5-6-10-25(24)35(32,33)29-21-15-16-23-22(17-21)26(28-27-23)20-13-11-19(12-14-20)18-7-3-2-4-8-18/h2-17,29H,1H3,(H,27,28). The maximum atomic E-state index is 13.1. The first-order valence-electron chi connectivity index (χ1n) is 10.7. The molecule has 0 aliphatic heterocycles. The number of aromatic nitrogens is 2. The lowest BCUT2D eigenvalue weighted by molar-refractivity contribution is 0.588. The lowest BCUT2D eigenvalue weighted by Crippen LogP contribution is -2.16. The van der Waals surface area contributed by atoms with E-state index in [1.54, 1.807) is 18.2 Å². The lowest BCUT2D eigenvalue weighted by Gasteiger charge is -2.11. The molecule has 176 valence electrons. The predicted molar refractivity (Wildman–Crippen MR) is 137 cm³/mol. The van der Waals surface area contributed by atoms with Crippen LogP contribution in [0.5, 0.6) is 0 Å². The molecule has 0 aliphatic rings. The molecule has 7 nitrogen and oxygen atoms in total. The zero-order valence-corrected chi connectivity index (χ0v) is 20.3. The second-order valence-corrected chi connectivity index (χ2v) is 11.7. The minimum Gasteiger partial charge on any atom is -0.280 e. The van der Waals surface area contributed by atoms with Crippen molar-refractivity contribution in [3.05, 3.63) is 97.1 Å². The van der Waals surface area contributed by atoms with E-state index in [-0.39, 0.29) is 9.79 Å². The molecular formula is C26H21N3O4S2. The van der Waals surface area contributed by atoms with Gasteiger partial charge in [-0.2, -0.15) is 5.10 Å². The second-order valence-electron chi connectivity index (χ2n) is 8.10. The van der Waals surface area contributed by atoms with Crippen molar-refractivity contribution in [1.29, 1.82) is 0 Å². The molecule has 35 heavy (non-hydrogen) atoms. The molecule has 2 N–H and O–H groups in total. The van der Waals surface area contributed by atoms with Gasteiger partial charge in [-0.05, 0) is 41.5 Å². The monoisotopic (exact) mass is 503 g/mol. The van der Waals surface area contributed by atoms with Crippen molar-refractivity contribution in [2.75, 3.05) is 11.0 Å². The first kappa shape index (κ1) is 22.8. The van der Waals surface area contributed by atoms with E-state index in [1.807, 2.05) is 54.6 Å². The average molecular weight is 504 g/mol. The zero-order chi connectivity index (χ0) is 24.6. The molecular weight excluding hydrogens is 482 g/mol. The summed E-state index contributed by atoms with van der Waals surface area (Å²) >= 11 is 0. The van der Waals surface area contributed by atoms with Crippen LogP contribution in [0.3, 0.4) is 0 Å². The summed E-state index contributed by atoms with van der Waals surface area (Å²) in [7, 11) is -7.89. The fourth-order valence-corrected chi connectivity index (χ4v) is 6.62. The summed E-state index contributed by atoms with van der Waals surface area (Å²) in [5.41, 5.74) is 4.77. The molecule has 1 heterocycles. The highest BCUT2D eigenvalue weighted by Crippen LogP contribution is 2.31. The van der Waals surface area contributed by atoms with Crippen LogP contribution in [0.1, 0.15) is 0 Å². The van der Waals surface area contributed by atoms with Gasteiger partial charge in [-0.3, -0.25) is 9.82 Å². The lowest BCUT2D eigenvalue weighted by atomic mass is 10.0. The van der Waals surface area contributed by atoms with E-state index < -0.39 is 19.9 Å². The number of benzene rings is 4. The van der Waals surface area contributed by atoms with Crippen LogP contribution < -0.4 is 4.72 Å². The molecule has 0 spiro atoms. The summed E-state index contributed by atoms with van der Waals surface area (Å²) in [6, 6.07) is 28.5. The van der Waals surface area contributed by atoms with Gasteiger partial charge in [-0.15, -0.1) is 0 Å². The average Bonchev–Trinajstić information content (AvgIpc) is 3.27. The van der Waals surface area contributed by atoms with Crippen molar-refractivity contribution in [2.24, 2.45) is 0 Å². The Morgan fingerprint density at radius 1 is 0.686 bits per heavy atom. The number of sulfone groups is 1. The van der Waals surface area contributed by atoms with Crippen molar-refractivity contribution in [3.63, 3.8) is 0 Å². The van der Waals surface area contributed by atoms with Gasteiger partial charge < -0.3 is 0 Å². The highest BCUT2D eigenvalue weighted by molar-refractivity contribution is 7.95. The van der Waals surface area contributed by atoms with Gasteiger partial charge in [0.2, 0.25) is 0 Å². The molecule has 5 aromatic rings. The van der Waals surface area contributed by atoms with E-state index in [2.05, 4.69) is 14.9 Å². The fraction of sp³-hybridized carbons (Fsp3) is 0.0385. The van der Waals surface area contributed by atoms with Crippen molar-refractivity contribution in [1.82, 2.24) is 10.2 Å². The number of hydrogen-bond donors (Lipinski definition) is 2. The summed E-state index contributed by atoms with van der Waals surface area (Å²) in [6.07, 6.45) is 0.980. The summed E-state index contributed by atoms with van der Waals surface area (Å²) in [4.78, 5) is -0.553. The summed E-state index contributed by atoms with van der Waals surface area (Å²) in [5, 5.41) is 8.14. The van der Waals surface area contributed by atoms with Crippen molar-refractivity contribution in [3.8, 4) is 22.4 Å². The molecule has 0 saturated heterocycles. The molecule has 0 atom stereocenters. The first-order chi connectivity index (χ1) is 16.7. The number of nitrogens with zero attached hydrogens (tertiary/aromatic N) is 1. The number of anilines is 1. The second kappa shape index (κ2) is 8.68. The van der Waals surface area contributed by atoms with E-state index in [9.17, 15) is 16.8 Å². The number of hydrogen-bond acceptors (Lipinski definition) is 5. The number of fused-ring (bicyclic) bond motifs is 1. The smallest absolute Gasteiger partial charge is 0.263 e. The number of aromatic amines is 1. The number of H-pyrrole nitrogens is 1. The molecule has 5 rings (SSSR count). The minimum absolute atomic E-state index is 0.254. The SMILES string of the molecule is CS(=O)(=O)c1ccccc1S(=O)(=O)Nc1ccc2[nH]nc(-c3ccc(-c4ccccc4)cc3)c2c1. The Morgan fingerprint density at radius 2 is 1.29 bits per heavy atom. The summed E-state index contributed by atoms with van der Waals surface area (Å²) < 4.78 is 52.9. The fourth-order valence-electron chi connectivity index (χ4n) is 3.94. The summed E-state index contributed by atoms with van der Waals surface area (Å²) in [6.45, 7) is 0. The van der Waals surface area contributed by atoms with Crippen molar-refractivity contribution in [2.45, 2.75) is 9.79 Å². The first-order valence-corrected chi connectivity index (χ1v) is 14.1. The number of sulfonamides is 1. The van der Waals surface area contributed by atoms with Gasteiger partial charge in [0.15, 0.2) is 9.84 Å². The van der Waals surface area contributed by atoms with Crippen LogP contribution in [0, 0.1) is 0 Å². The highest BCUT2D eigenvalue weighted by Gasteiger charge is 2.24. The van der Waals surface area contributed by atoms with Crippen LogP contribution >= 0.6 is 0 Å². The third-order valence-corrected chi connectivity index (χ3v) is 8.34. The van der Waals surface area contributed by atoms with Crippen molar-refractivity contribution >= 4 is 36.5 Å². The molecule has 0 radical (unpaired) electrons. The maximum absolute atomic E-state index is 13.1. The third kappa shape index (κ3) is 4.55. The van der Waals surface area contributed by atoms with Gasteiger partial charge in [0.25, 0.3) is 10.0 Å². The van der Waals surface area contributed by atoms with Gasteiger partial charge in [0, 0.05) is 22.9 Å². The Hall–Kier alpha value is -3.95. The largest absolute Gasteiger partial charge is 0.280 e. The quantitative estimate of drug-likeness (QED) is 0.335. The van der Waals surface area contributed by atoms with Crippen molar-refractivity contribution < 1.29 is 16.8 Å². The van der Waals surface area contributed by atoms with Crippen LogP contribution in [0.2, 0.25) is 0 Å². The van der Waals surface area contributed by atoms with E-state index in [1.165, 1.54) is 24.3 Å². The molecule has 0 unspecified atom stereocenters. The molecule has 0 saturated carbocycles. The van der Waals surface area contributed by atoms with Gasteiger partial charge in [0.1, 0.15) is 4.90 Å². The molecule has 0 aliphatic carbocycles. The van der Waals surface area contributed by atoms with Crippen LogP contribution in [0.25, 0.3) is 33.3 Å². The van der Waals surface area contributed by atoms with E-state index >= 15 is 0 Å². The molecule has 1 aromatic heterocycles. The third-order valence-electron chi connectivity index (χ3n) is 5.62. The van der Waals surface area contributed by atoms with Gasteiger partial charge in [0.05, 0.1) is 16.1 Å². The molecule has 9 heteroatoms. The Bertz CT molecular complexity index is 1740. The van der Waals surface area contributed by atoms with Gasteiger partial charge in [-0.25, -0.2) is 16.8 Å². The predicted octanol–water partition coefficient (Wildman–Crippen LogP) is 5.10. The number of rotatable bonds is 6. The maximum Gasteiger partial charge on any atom is 0.263 e. The van der Waals surface area contributed by atoms with Crippen LogP contribution in [-0.2, 0) is 19.9 Å². The topological polar surface area (TPSA) is 109 Å². The van der Waals surface area contributed by atoms with Crippen LogP contribution in [0.15, 0.2) is 107 Å². The van der Waals surface area contributed by atoms with E-state index in [0.29, 0.717) is 11.4 Å².